The van der Waals surface area contributed by atoms with E-state index in [4.69, 9.17) is 14.6 Å². The fraction of sp³-hybridized carbons (Fsp3) is 0.192. The van der Waals surface area contributed by atoms with Crippen molar-refractivity contribution in [3.8, 4) is 11.1 Å². The summed E-state index contributed by atoms with van der Waals surface area (Å²) >= 11 is 0. The molecule has 0 heterocycles. The van der Waals surface area contributed by atoms with E-state index in [2.05, 4.69) is 22.8 Å². The number of hydrogen-bond acceptors (Lipinski definition) is 5. The minimum absolute atomic E-state index is 0.0449. The molecule has 8 heteroatoms. The van der Waals surface area contributed by atoms with Crippen LogP contribution in [-0.2, 0) is 14.3 Å². The molecule has 0 aromatic heterocycles. The number of carboxylic acid groups (broad SMARTS) is 1. The van der Waals surface area contributed by atoms with Gasteiger partial charge >= 0.3 is 12.1 Å². The molecule has 0 saturated carbocycles. The van der Waals surface area contributed by atoms with Crippen LogP contribution in [0.2, 0.25) is 0 Å². The van der Waals surface area contributed by atoms with E-state index in [0.717, 1.165) is 22.3 Å². The highest BCUT2D eigenvalue weighted by Crippen LogP contribution is 2.44. The van der Waals surface area contributed by atoms with Crippen LogP contribution in [-0.4, -0.2) is 49.4 Å². The number of aromatic carboxylic acids is 1. The number of rotatable bonds is 8. The minimum atomic E-state index is -1.10. The lowest BCUT2D eigenvalue weighted by Crippen LogP contribution is -2.41. The summed E-state index contributed by atoms with van der Waals surface area (Å²) in [6.07, 6.45) is -1.65. The number of carbonyl (C=O) groups excluding carboxylic acids is 2. The van der Waals surface area contributed by atoms with Crippen molar-refractivity contribution in [3.05, 3.63) is 89.5 Å². The molecule has 1 unspecified atom stereocenters. The Morgan fingerprint density at radius 2 is 1.59 bits per heavy atom. The second kappa shape index (κ2) is 10.2. The first-order chi connectivity index (χ1) is 16.5. The topological polar surface area (TPSA) is 114 Å². The Morgan fingerprint density at radius 1 is 0.941 bits per heavy atom. The molecule has 2 amide bonds. The number of fused-ring (bicyclic) bond motifs is 3. The molecule has 0 spiro atoms. The van der Waals surface area contributed by atoms with Crippen molar-refractivity contribution >= 4 is 23.7 Å². The number of anilines is 1. The van der Waals surface area contributed by atoms with Gasteiger partial charge in [-0.3, -0.25) is 4.79 Å². The molecule has 1 aliphatic carbocycles. The van der Waals surface area contributed by atoms with Gasteiger partial charge < -0.3 is 25.2 Å². The zero-order chi connectivity index (χ0) is 24.1. The number of methoxy groups -OCH3 is 1. The van der Waals surface area contributed by atoms with E-state index >= 15 is 0 Å². The Hall–Kier alpha value is -4.17. The maximum Gasteiger partial charge on any atom is 0.407 e. The van der Waals surface area contributed by atoms with Crippen LogP contribution in [0.3, 0.4) is 0 Å². The smallest absolute Gasteiger partial charge is 0.407 e. The summed E-state index contributed by atoms with van der Waals surface area (Å²) in [5.41, 5.74) is 4.84. The molecule has 34 heavy (non-hydrogen) atoms. The highest BCUT2D eigenvalue weighted by Gasteiger charge is 2.29. The van der Waals surface area contributed by atoms with Crippen molar-refractivity contribution in [1.82, 2.24) is 5.32 Å². The van der Waals surface area contributed by atoms with Crippen LogP contribution in [0, 0.1) is 0 Å². The van der Waals surface area contributed by atoms with Gasteiger partial charge in [0.1, 0.15) is 6.61 Å². The number of amides is 2. The third-order valence-corrected chi connectivity index (χ3v) is 5.73. The summed E-state index contributed by atoms with van der Waals surface area (Å²) in [4.78, 5) is 36.0. The van der Waals surface area contributed by atoms with E-state index < -0.39 is 24.1 Å². The van der Waals surface area contributed by atoms with Crippen molar-refractivity contribution in [2.24, 2.45) is 0 Å². The molecular weight excluding hydrogens is 436 g/mol. The molecule has 0 fully saturated rings. The first-order valence-electron chi connectivity index (χ1n) is 10.7. The molecule has 0 aliphatic heterocycles. The van der Waals surface area contributed by atoms with Gasteiger partial charge in [0.05, 0.1) is 12.1 Å². The van der Waals surface area contributed by atoms with E-state index in [1.54, 1.807) is 6.07 Å². The van der Waals surface area contributed by atoms with E-state index in [1.165, 1.54) is 25.3 Å². The summed E-state index contributed by atoms with van der Waals surface area (Å²) in [6.45, 7) is 0.0450. The maximum atomic E-state index is 12.5. The molecule has 0 bridgehead atoms. The number of benzene rings is 3. The molecule has 0 saturated heterocycles. The van der Waals surface area contributed by atoms with Crippen LogP contribution in [0.1, 0.15) is 27.4 Å². The Morgan fingerprint density at radius 3 is 2.21 bits per heavy atom. The molecule has 1 aliphatic rings. The van der Waals surface area contributed by atoms with Gasteiger partial charge in [-0.15, -0.1) is 0 Å². The predicted octanol–water partition coefficient (Wildman–Crippen LogP) is 3.88. The van der Waals surface area contributed by atoms with E-state index in [-0.39, 0.29) is 24.6 Å². The molecule has 4 rings (SSSR count). The summed E-state index contributed by atoms with van der Waals surface area (Å²) in [5.74, 6) is -1.69. The molecule has 0 radical (unpaired) electrons. The van der Waals surface area contributed by atoms with Gasteiger partial charge in [0.25, 0.3) is 5.91 Å². The van der Waals surface area contributed by atoms with Crippen molar-refractivity contribution in [1.29, 1.82) is 0 Å². The second-order valence-corrected chi connectivity index (χ2v) is 7.81. The third kappa shape index (κ3) is 4.92. The average molecular weight is 460 g/mol. The number of carboxylic acids is 1. The number of carbonyl (C=O) groups is 3. The number of hydrogen-bond donors (Lipinski definition) is 3. The van der Waals surface area contributed by atoms with Gasteiger partial charge in [0.2, 0.25) is 0 Å². The van der Waals surface area contributed by atoms with Crippen LogP contribution < -0.4 is 10.6 Å². The van der Waals surface area contributed by atoms with E-state index in [0.29, 0.717) is 5.69 Å². The molecule has 3 N–H and O–H groups in total. The summed E-state index contributed by atoms with van der Waals surface area (Å²) < 4.78 is 10.7. The number of alkyl carbamates (subject to hydrolysis) is 1. The van der Waals surface area contributed by atoms with Crippen LogP contribution in [0.4, 0.5) is 10.5 Å². The predicted molar refractivity (Wildman–Crippen MR) is 126 cm³/mol. The van der Waals surface area contributed by atoms with E-state index in [9.17, 15) is 14.4 Å². The Labute approximate surface area is 196 Å². The molecule has 3 aromatic rings. The van der Waals surface area contributed by atoms with Gasteiger partial charge in [0.15, 0.2) is 6.10 Å². The first-order valence-corrected chi connectivity index (χ1v) is 10.7. The summed E-state index contributed by atoms with van der Waals surface area (Å²) in [5, 5.41) is 14.2. The van der Waals surface area contributed by atoms with Crippen LogP contribution in [0.25, 0.3) is 11.1 Å². The lowest BCUT2D eigenvalue weighted by atomic mass is 9.98. The SMILES string of the molecule is COC(CNC(=O)OCC1c2ccccc2-c2ccccc21)C(=O)Nc1cccc(C(=O)O)c1. The van der Waals surface area contributed by atoms with Crippen LogP contribution in [0.5, 0.6) is 0 Å². The zero-order valence-corrected chi connectivity index (χ0v) is 18.5. The lowest BCUT2D eigenvalue weighted by molar-refractivity contribution is -0.125. The summed E-state index contributed by atoms with van der Waals surface area (Å²) in [7, 11) is 1.34. The average Bonchev–Trinajstić information content (AvgIpc) is 3.17. The molecular formula is C26H24N2O6. The molecule has 3 aromatic carbocycles. The highest BCUT2D eigenvalue weighted by molar-refractivity contribution is 5.96. The maximum absolute atomic E-state index is 12.5. The summed E-state index contributed by atoms with van der Waals surface area (Å²) in [6, 6.07) is 21.9. The zero-order valence-electron chi connectivity index (χ0n) is 18.5. The Bertz CT molecular complexity index is 1180. The second-order valence-electron chi connectivity index (χ2n) is 7.81. The lowest BCUT2D eigenvalue weighted by Gasteiger charge is -2.17. The fourth-order valence-corrected chi connectivity index (χ4v) is 4.06. The van der Waals surface area contributed by atoms with Gasteiger partial charge in [-0.2, -0.15) is 0 Å². The third-order valence-electron chi connectivity index (χ3n) is 5.73. The fourth-order valence-electron chi connectivity index (χ4n) is 4.06. The molecule has 8 nitrogen and oxygen atoms in total. The quantitative estimate of drug-likeness (QED) is 0.470. The van der Waals surface area contributed by atoms with Gasteiger partial charge in [0, 0.05) is 18.7 Å². The van der Waals surface area contributed by atoms with Crippen molar-refractivity contribution in [3.63, 3.8) is 0 Å². The molecule has 174 valence electrons. The standard InChI is InChI=1S/C26H24N2O6/c1-33-23(24(29)28-17-8-6-7-16(13-17)25(30)31)14-27-26(32)34-15-22-20-11-4-2-9-18(20)19-10-3-5-12-21(19)22/h2-13,22-23H,14-15H2,1H3,(H,27,32)(H,28,29)(H,30,31). The van der Waals surface area contributed by atoms with Crippen LogP contribution >= 0.6 is 0 Å². The Kier molecular flexibility index (Phi) is 6.89. The monoisotopic (exact) mass is 460 g/mol. The largest absolute Gasteiger partial charge is 0.478 e. The van der Waals surface area contributed by atoms with Gasteiger partial charge in [-0.25, -0.2) is 9.59 Å². The van der Waals surface area contributed by atoms with Gasteiger partial charge in [-0.05, 0) is 40.5 Å². The van der Waals surface area contributed by atoms with E-state index in [1.807, 2.05) is 36.4 Å². The first kappa shape index (κ1) is 23.0. The minimum Gasteiger partial charge on any atom is -0.478 e. The van der Waals surface area contributed by atoms with Crippen molar-refractivity contribution < 1.29 is 29.0 Å². The molecule has 1 atom stereocenters. The van der Waals surface area contributed by atoms with Crippen molar-refractivity contribution in [2.75, 3.05) is 25.6 Å². The van der Waals surface area contributed by atoms with Crippen LogP contribution in [0.15, 0.2) is 72.8 Å². The number of nitrogens with one attached hydrogen (secondary N) is 2. The van der Waals surface area contributed by atoms with Crippen molar-refractivity contribution in [2.45, 2.75) is 12.0 Å². The normalized spacial score (nSPS) is 12.9. The Balaban J connectivity index is 1.32. The number of ether oxygens (including phenoxy) is 2. The van der Waals surface area contributed by atoms with Gasteiger partial charge in [-0.1, -0.05) is 54.6 Å². The highest BCUT2D eigenvalue weighted by atomic mass is 16.5.